The Hall–Kier alpha value is -1.80. The first kappa shape index (κ1) is 21.9. The number of nitrogens with zero attached hydrogens (tertiary/aromatic N) is 1. The van der Waals surface area contributed by atoms with Crippen LogP contribution < -0.4 is 0 Å². The lowest BCUT2D eigenvalue weighted by Crippen LogP contribution is -2.29. The van der Waals surface area contributed by atoms with Gasteiger partial charge < -0.3 is 9.52 Å². The lowest BCUT2D eigenvalue weighted by atomic mass is 10.1. The molecule has 0 saturated carbocycles. The number of thioether (sulfide) groups is 1. The van der Waals surface area contributed by atoms with Crippen LogP contribution in [0.25, 0.3) is 17.4 Å². The molecule has 5 nitrogen and oxygen atoms in total. The molecule has 0 aliphatic carbocycles. The van der Waals surface area contributed by atoms with Crippen molar-refractivity contribution in [1.82, 2.24) is 4.90 Å². The molecule has 1 saturated heterocycles. The van der Waals surface area contributed by atoms with E-state index in [1.807, 2.05) is 0 Å². The molecule has 1 aliphatic rings. The molecule has 0 radical (unpaired) electrons. The third kappa shape index (κ3) is 5.22. The molecule has 0 bridgehead atoms. The summed E-state index contributed by atoms with van der Waals surface area (Å²) < 4.78 is 6.27. The molecule has 1 aliphatic heterocycles. The summed E-state index contributed by atoms with van der Waals surface area (Å²) >= 11 is 18.5. The smallest absolute Gasteiger partial charge is 0.306 e. The van der Waals surface area contributed by atoms with Gasteiger partial charge in [-0.3, -0.25) is 14.5 Å². The van der Waals surface area contributed by atoms with Gasteiger partial charge in [0.2, 0.25) is 0 Å². The number of furan rings is 1. The standard InChI is InChI=1S/C20H17Cl2NO4S2/c1-11(19(25)26)3-2-8-23-18(24)17(29-20(23)28)10-13-5-7-16(27-13)12-4-6-14(21)15(22)9-12/h4-7,9-11H,2-3,8H2,1H3,(H,25,26). The second kappa shape index (κ2) is 9.34. The average molecular weight is 470 g/mol. The Labute approximate surface area is 187 Å². The van der Waals surface area contributed by atoms with Crippen LogP contribution in [0.15, 0.2) is 39.7 Å². The zero-order chi connectivity index (χ0) is 21.1. The summed E-state index contributed by atoms with van der Waals surface area (Å²) in [7, 11) is 0. The van der Waals surface area contributed by atoms with Gasteiger partial charge in [-0.05, 0) is 43.2 Å². The van der Waals surface area contributed by atoms with E-state index in [0.717, 1.165) is 5.56 Å². The van der Waals surface area contributed by atoms with Gasteiger partial charge in [0, 0.05) is 18.2 Å². The molecule has 2 heterocycles. The van der Waals surface area contributed by atoms with Crippen LogP contribution in [0, 0.1) is 5.92 Å². The van der Waals surface area contributed by atoms with Gasteiger partial charge in [-0.25, -0.2) is 0 Å². The van der Waals surface area contributed by atoms with Crippen molar-refractivity contribution in [3.8, 4) is 11.3 Å². The number of carboxylic acid groups (broad SMARTS) is 1. The number of hydrogen-bond donors (Lipinski definition) is 1. The van der Waals surface area contributed by atoms with Crippen molar-refractivity contribution in [3.63, 3.8) is 0 Å². The molecule has 9 heteroatoms. The zero-order valence-electron chi connectivity index (χ0n) is 15.4. The van der Waals surface area contributed by atoms with Gasteiger partial charge >= 0.3 is 5.97 Å². The number of benzene rings is 1. The van der Waals surface area contributed by atoms with Crippen LogP contribution >= 0.6 is 47.2 Å². The fourth-order valence-corrected chi connectivity index (χ4v) is 4.32. The van der Waals surface area contributed by atoms with Crippen molar-refractivity contribution in [2.75, 3.05) is 6.54 Å². The summed E-state index contributed by atoms with van der Waals surface area (Å²) in [6.07, 6.45) is 2.70. The van der Waals surface area contributed by atoms with Gasteiger partial charge in [0.25, 0.3) is 5.91 Å². The van der Waals surface area contributed by atoms with E-state index in [-0.39, 0.29) is 5.91 Å². The Morgan fingerprint density at radius 3 is 2.76 bits per heavy atom. The highest BCUT2D eigenvalue weighted by atomic mass is 35.5. The SMILES string of the molecule is CC(CCCN1C(=O)C(=Cc2ccc(-c3ccc(Cl)c(Cl)c3)o2)SC1=S)C(=O)O. The van der Waals surface area contributed by atoms with Crippen LogP contribution in [0.2, 0.25) is 10.0 Å². The normalized spacial score (nSPS) is 16.7. The van der Waals surface area contributed by atoms with Crippen LogP contribution in [0.5, 0.6) is 0 Å². The Morgan fingerprint density at radius 1 is 1.31 bits per heavy atom. The minimum Gasteiger partial charge on any atom is -0.481 e. The van der Waals surface area contributed by atoms with Crippen LogP contribution in [-0.2, 0) is 9.59 Å². The summed E-state index contributed by atoms with van der Waals surface area (Å²) in [6.45, 7) is 2.04. The van der Waals surface area contributed by atoms with Crippen LogP contribution in [-0.4, -0.2) is 32.7 Å². The Morgan fingerprint density at radius 2 is 2.07 bits per heavy atom. The Bertz CT molecular complexity index is 1000. The Kier molecular flexibility index (Phi) is 7.05. The maximum atomic E-state index is 12.6. The van der Waals surface area contributed by atoms with E-state index in [1.54, 1.807) is 43.3 Å². The molecule has 2 aromatic rings. The summed E-state index contributed by atoms with van der Waals surface area (Å²) in [5.74, 6) is -0.368. The topological polar surface area (TPSA) is 70.8 Å². The largest absolute Gasteiger partial charge is 0.481 e. The van der Waals surface area contributed by atoms with Crippen molar-refractivity contribution in [3.05, 3.63) is 51.0 Å². The van der Waals surface area contributed by atoms with Crippen molar-refractivity contribution in [1.29, 1.82) is 0 Å². The minimum atomic E-state index is -0.842. The molecule has 152 valence electrons. The quantitative estimate of drug-likeness (QED) is 0.398. The lowest BCUT2D eigenvalue weighted by molar-refractivity contribution is -0.141. The van der Waals surface area contributed by atoms with Crippen molar-refractivity contribution < 1.29 is 19.1 Å². The second-order valence-corrected chi connectivity index (χ2v) is 9.04. The van der Waals surface area contributed by atoms with E-state index in [1.165, 1.54) is 16.7 Å². The fourth-order valence-electron chi connectivity index (χ4n) is 2.74. The van der Waals surface area contributed by atoms with Gasteiger partial charge in [-0.15, -0.1) is 0 Å². The first-order chi connectivity index (χ1) is 13.8. The molecule has 29 heavy (non-hydrogen) atoms. The Balaban J connectivity index is 1.69. The van der Waals surface area contributed by atoms with Crippen molar-refractivity contribution in [2.24, 2.45) is 5.92 Å². The van der Waals surface area contributed by atoms with Crippen LogP contribution in [0.1, 0.15) is 25.5 Å². The molecule has 1 atom stereocenters. The summed E-state index contributed by atoms with van der Waals surface area (Å²) in [6, 6.07) is 8.76. The summed E-state index contributed by atoms with van der Waals surface area (Å²) in [5, 5.41) is 9.85. The molecule has 3 rings (SSSR count). The molecule has 0 spiro atoms. The predicted molar refractivity (Wildman–Crippen MR) is 120 cm³/mol. The van der Waals surface area contributed by atoms with Gasteiger partial charge in [-0.1, -0.05) is 54.1 Å². The average Bonchev–Trinajstić information content (AvgIpc) is 3.24. The third-order valence-corrected chi connectivity index (χ3v) is 6.54. The van der Waals surface area contributed by atoms with Gasteiger partial charge in [0.15, 0.2) is 0 Å². The number of carboxylic acids is 1. The molecule has 1 N–H and O–H groups in total. The van der Waals surface area contributed by atoms with Gasteiger partial charge in [0.1, 0.15) is 15.8 Å². The minimum absolute atomic E-state index is 0.199. The maximum Gasteiger partial charge on any atom is 0.306 e. The van der Waals surface area contributed by atoms with Crippen molar-refractivity contribution >= 4 is 69.5 Å². The molecular weight excluding hydrogens is 453 g/mol. The number of amides is 1. The first-order valence-electron chi connectivity index (χ1n) is 8.79. The summed E-state index contributed by atoms with van der Waals surface area (Å²) in [4.78, 5) is 25.5. The van der Waals surface area contributed by atoms with Gasteiger partial charge in [0.05, 0.1) is 20.9 Å². The molecule has 1 fully saturated rings. The number of halogens is 2. The fraction of sp³-hybridized carbons (Fsp3) is 0.250. The molecule has 1 aromatic carbocycles. The number of rotatable bonds is 7. The van der Waals surface area contributed by atoms with Gasteiger partial charge in [-0.2, -0.15) is 0 Å². The van der Waals surface area contributed by atoms with E-state index in [4.69, 9.17) is 44.9 Å². The molecule has 1 amide bonds. The highest BCUT2D eigenvalue weighted by Crippen LogP contribution is 2.34. The maximum absolute atomic E-state index is 12.6. The van der Waals surface area contributed by atoms with E-state index < -0.39 is 11.9 Å². The number of carbonyl (C=O) groups excluding carboxylic acids is 1. The van der Waals surface area contributed by atoms with Crippen LogP contribution in [0.3, 0.4) is 0 Å². The van der Waals surface area contributed by atoms with E-state index >= 15 is 0 Å². The second-order valence-electron chi connectivity index (χ2n) is 6.55. The first-order valence-corrected chi connectivity index (χ1v) is 10.8. The van der Waals surface area contributed by atoms with Crippen molar-refractivity contribution in [2.45, 2.75) is 19.8 Å². The lowest BCUT2D eigenvalue weighted by Gasteiger charge is -2.15. The highest BCUT2D eigenvalue weighted by Gasteiger charge is 2.32. The summed E-state index contributed by atoms with van der Waals surface area (Å²) in [5.41, 5.74) is 0.777. The molecule has 1 aromatic heterocycles. The number of thiocarbonyl (C=S) groups is 1. The number of carbonyl (C=O) groups is 2. The van der Waals surface area contributed by atoms with E-state index in [9.17, 15) is 9.59 Å². The number of hydrogen-bond acceptors (Lipinski definition) is 5. The zero-order valence-corrected chi connectivity index (χ0v) is 18.5. The highest BCUT2D eigenvalue weighted by molar-refractivity contribution is 8.26. The predicted octanol–water partition coefficient (Wildman–Crippen LogP) is 5.96. The third-order valence-electron chi connectivity index (χ3n) is 4.42. The molecular formula is C20H17Cl2NO4S2. The monoisotopic (exact) mass is 469 g/mol. The number of aliphatic carboxylic acids is 1. The van der Waals surface area contributed by atoms with E-state index in [0.29, 0.717) is 50.2 Å². The van der Waals surface area contributed by atoms with Crippen LogP contribution in [0.4, 0.5) is 0 Å². The molecule has 1 unspecified atom stereocenters. The van der Waals surface area contributed by atoms with E-state index in [2.05, 4.69) is 0 Å².